The average molecular weight is 335 g/mol. The number of aromatic nitrogens is 4. The number of aromatic amines is 1. The van der Waals surface area contributed by atoms with E-state index in [1.165, 1.54) is 6.33 Å². The number of nitrogens with one attached hydrogen (secondary N) is 1. The molecule has 8 heteroatoms. The Bertz CT molecular complexity index is 763. The van der Waals surface area contributed by atoms with Crippen molar-refractivity contribution in [2.24, 2.45) is 0 Å². The van der Waals surface area contributed by atoms with Gasteiger partial charge < -0.3 is 14.6 Å². The van der Waals surface area contributed by atoms with E-state index in [-0.39, 0.29) is 17.3 Å². The van der Waals surface area contributed by atoms with Crippen LogP contribution in [-0.4, -0.2) is 31.2 Å². The number of H-pyrrole nitrogens is 1. The van der Waals surface area contributed by atoms with E-state index in [1.807, 2.05) is 24.3 Å². The fraction of sp³-hybridized carbons (Fsp3) is 0. The Hall–Kier alpha value is -2.48. The zero-order chi connectivity index (χ0) is 14.1. The van der Waals surface area contributed by atoms with Gasteiger partial charge in [0.2, 0.25) is 5.82 Å². The highest BCUT2D eigenvalue weighted by Crippen LogP contribution is 2.23. The molecule has 7 nitrogen and oxygen atoms in total. The number of aromatic carboxylic acids is 1. The number of imidazole rings is 1. The monoisotopic (exact) mass is 334 g/mol. The largest absolute Gasteiger partial charge is 0.476 e. The third kappa shape index (κ3) is 2.21. The van der Waals surface area contributed by atoms with Crippen LogP contribution in [0.3, 0.4) is 0 Å². The summed E-state index contributed by atoms with van der Waals surface area (Å²) in [4.78, 5) is 21.5. The third-order valence-electron chi connectivity index (χ3n) is 2.58. The predicted octanol–water partition coefficient (Wildman–Crippen LogP) is 2.59. The number of hydrogen-bond acceptors (Lipinski definition) is 5. The van der Waals surface area contributed by atoms with E-state index in [2.05, 4.69) is 36.0 Å². The van der Waals surface area contributed by atoms with E-state index < -0.39 is 5.97 Å². The van der Waals surface area contributed by atoms with Crippen molar-refractivity contribution in [3.05, 3.63) is 40.8 Å². The molecule has 0 fully saturated rings. The first-order valence-electron chi connectivity index (χ1n) is 5.52. The van der Waals surface area contributed by atoms with Crippen LogP contribution in [0.15, 0.2) is 39.6 Å². The molecule has 0 saturated carbocycles. The predicted molar refractivity (Wildman–Crippen MR) is 72.0 cm³/mol. The van der Waals surface area contributed by atoms with Crippen LogP contribution in [0.25, 0.3) is 23.0 Å². The molecule has 0 aliphatic rings. The Kier molecular flexibility index (Phi) is 3.07. The first kappa shape index (κ1) is 12.5. The number of rotatable bonds is 3. The van der Waals surface area contributed by atoms with Crippen LogP contribution in [0.2, 0.25) is 0 Å². The standard InChI is InChI=1S/C12H7BrN4O3/c13-7-3-1-6(2-4-7)10-16-11(20-17-10)8-9(12(18)19)15-5-14-8/h1-5H,(H,14,15)(H,18,19). The van der Waals surface area contributed by atoms with Gasteiger partial charge in [-0.3, -0.25) is 0 Å². The maximum atomic E-state index is 11.0. The van der Waals surface area contributed by atoms with E-state index in [0.29, 0.717) is 5.82 Å². The van der Waals surface area contributed by atoms with Gasteiger partial charge in [0, 0.05) is 10.0 Å². The van der Waals surface area contributed by atoms with Crippen molar-refractivity contribution < 1.29 is 14.4 Å². The van der Waals surface area contributed by atoms with Gasteiger partial charge in [0.25, 0.3) is 5.89 Å². The zero-order valence-corrected chi connectivity index (χ0v) is 11.5. The van der Waals surface area contributed by atoms with Gasteiger partial charge in [-0.2, -0.15) is 4.98 Å². The van der Waals surface area contributed by atoms with Gasteiger partial charge in [-0.15, -0.1) is 0 Å². The molecule has 0 aliphatic heterocycles. The molecule has 0 spiro atoms. The van der Waals surface area contributed by atoms with E-state index in [4.69, 9.17) is 9.63 Å². The number of carboxylic acids is 1. The van der Waals surface area contributed by atoms with Crippen molar-refractivity contribution in [1.29, 1.82) is 0 Å². The summed E-state index contributed by atoms with van der Waals surface area (Å²) in [5.41, 5.74) is 0.795. The van der Waals surface area contributed by atoms with Crippen molar-refractivity contribution in [2.45, 2.75) is 0 Å². The number of carbonyl (C=O) groups is 1. The molecule has 3 rings (SSSR count). The summed E-state index contributed by atoms with van der Waals surface area (Å²) in [5, 5.41) is 12.8. The maximum Gasteiger partial charge on any atom is 0.356 e. The molecule has 0 amide bonds. The summed E-state index contributed by atoms with van der Waals surface area (Å²) < 4.78 is 6.01. The molecule has 2 heterocycles. The molecule has 0 bridgehead atoms. The van der Waals surface area contributed by atoms with Crippen LogP contribution in [0, 0.1) is 0 Å². The van der Waals surface area contributed by atoms with Crippen molar-refractivity contribution in [3.8, 4) is 23.0 Å². The van der Waals surface area contributed by atoms with Crippen LogP contribution in [0.1, 0.15) is 10.5 Å². The fourth-order valence-corrected chi connectivity index (χ4v) is 1.93. The molecule has 3 aromatic rings. The minimum Gasteiger partial charge on any atom is -0.476 e. The molecule has 0 aliphatic carbocycles. The first-order valence-corrected chi connectivity index (χ1v) is 6.31. The third-order valence-corrected chi connectivity index (χ3v) is 3.11. The average Bonchev–Trinajstić information content (AvgIpc) is 3.08. The summed E-state index contributed by atoms with van der Waals surface area (Å²) in [6.45, 7) is 0. The second kappa shape index (κ2) is 4.89. The summed E-state index contributed by atoms with van der Waals surface area (Å²) in [5.74, 6) is -0.708. The SMILES string of the molecule is O=C(O)c1nc[nH]c1-c1nc(-c2ccc(Br)cc2)no1. The van der Waals surface area contributed by atoms with Gasteiger partial charge in [0.05, 0.1) is 6.33 Å². The summed E-state index contributed by atoms with van der Waals surface area (Å²) in [7, 11) is 0. The molecule has 0 atom stereocenters. The lowest BCUT2D eigenvalue weighted by Crippen LogP contribution is -1.99. The van der Waals surface area contributed by atoms with Gasteiger partial charge in [-0.05, 0) is 24.3 Å². The second-order valence-corrected chi connectivity index (χ2v) is 4.78. The summed E-state index contributed by atoms with van der Waals surface area (Å²) in [6.07, 6.45) is 1.27. The van der Waals surface area contributed by atoms with Gasteiger partial charge in [0.15, 0.2) is 5.69 Å². The lowest BCUT2D eigenvalue weighted by Gasteiger charge is -1.93. The van der Waals surface area contributed by atoms with Crippen LogP contribution in [0.5, 0.6) is 0 Å². The first-order chi connectivity index (χ1) is 9.65. The Balaban J connectivity index is 2.00. The molecule has 2 N–H and O–H groups in total. The maximum absolute atomic E-state index is 11.0. The number of carboxylic acid groups (broad SMARTS) is 1. The Morgan fingerprint density at radius 2 is 2.05 bits per heavy atom. The van der Waals surface area contributed by atoms with Gasteiger partial charge in [0.1, 0.15) is 5.69 Å². The molecular weight excluding hydrogens is 328 g/mol. The quantitative estimate of drug-likeness (QED) is 0.762. The number of hydrogen-bond donors (Lipinski definition) is 2. The molecule has 20 heavy (non-hydrogen) atoms. The molecule has 0 radical (unpaired) electrons. The number of benzene rings is 1. The van der Waals surface area contributed by atoms with E-state index in [1.54, 1.807) is 0 Å². The molecule has 100 valence electrons. The zero-order valence-electron chi connectivity index (χ0n) is 9.87. The van der Waals surface area contributed by atoms with Crippen molar-refractivity contribution in [3.63, 3.8) is 0 Å². The Labute approximate surface area is 120 Å². The van der Waals surface area contributed by atoms with Crippen molar-refractivity contribution in [1.82, 2.24) is 20.1 Å². The number of halogens is 1. The van der Waals surface area contributed by atoms with E-state index in [0.717, 1.165) is 10.0 Å². The van der Waals surface area contributed by atoms with Gasteiger partial charge >= 0.3 is 5.97 Å². The van der Waals surface area contributed by atoms with E-state index >= 15 is 0 Å². The molecule has 0 unspecified atom stereocenters. The van der Waals surface area contributed by atoms with Crippen molar-refractivity contribution in [2.75, 3.05) is 0 Å². The highest BCUT2D eigenvalue weighted by molar-refractivity contribution is 9.10. The summed E-state index contributed by atoms with van der Waals surface area (Å²) >= 11 is 3.34. The Morgan fingerprint density at radius 3 is 2.75 bits per heavy atom. The van der Waals surface area contributed by atoms with Gasteiger partial charge in [-0.25, -0.2) is 9.78 Å². The lowest BCUT2D eigenvalue weighted by atomic mass is 10.2. The molecular formula is C12H7BrN4O3. The smallest absolute Gasteiger partial charge is 0.356 e. The molecule has 2 aromatic heterocycles. The van der Waals surface area contributed by atoms with Crippen LogP contribution < -0.4 is 0 Å². The van der Waals surface area contributed by atoms with Crippen LogP contribution in [0.4, 0.5) is 0 Å². The molecule has 1 aromatic carbocycles. The second-order valence-electron chi connectivity index (χ2n) is 3.86. The van der Waals surface area contributed by atoms with Crippen LogP contribution >= 0.6 is 15.9 Å². The Morgan fingerprint density at radius 1 is 1.30 bits per heavy atom. The minimum atomic E-state index is -1.16. The topological polar surface area (TPSA) is 105 Å². The minimum absolute atomic E-state index is 0.0813. The summed E-state index contributed by atoms with van der Waals surface area (Å²) in [6, 6.07) is 7.35. The van der Waals surface area contributed by atoms with Crippen LogP contribution in [-0.2, 0) is 0 Å². The van der Waals surface area contributed by atoms with Crippen molar-refractivity contribution >= 4 is 21.9 Å². The van der Waals surface area contributed by atoms with Gasteiger partial charge in [-0.1, -0.05) is 21.1 Å². The van der Waals surface area contributed by atoms with E-state index in [9.17, 15) is 4.79 Å². The highest BCUT2D eigenvalue weighted by atomic mass is 79.9. The highest BCUT2D eigenvalue weighted by Gasteiger charge is 2.20. The normalized spacial score (nSPS) is 10.7. The molecule has 0 saturated heterocycles. The lowest BCUT2D eigenvalue weighted by molar-refractivity contribution is 0.0691. The fourth-order valence-electron chi connectivity index (χ4n) is 1.66. The number of nitrogens with zero attached hydrogens (tertiary/aromatic N) is 3.